The number of hydrogen-bond acceptors (Lipinski definition) is 8. The Balaban J connectivity index is 1.84. The van der Waals surface area contributed by atoms with Gasteiger partial charge in [0, 0.05) is 6.54 Å². The first-order valence-corrected chi connectivity index (χ1v) is 12.9. The first-order chi connectivity index (χ1) is 19.2. The largest absolute Gasteiger partial charge is 0.453 e. The number of benzene rings is 1. The number of ketones is 1. The molecular formula is C26H32F3N5O7. The molecule has 15 heteroatoms. The van der Waals surface area contributed by atoms with Gasteiger partial charge in [-0.1, -0.05) is 39.8 Å². The van der Waals surface area contributed by atoms with E-state index in [1.165, 1.54) is 11.0 Å². The summed E-state index contributed by atoms with van der Waals surface area (Å²) in [6.07, 6.45) is -4.83. The van der Waals surface area contributed by atoms with Gasteiger partial charge in [0.2, 0.25) is 17.6 Å². The highest BCUT2D eigenvalue weighted by molar-refractivity contribution is 6.00. The smallest absolute Gasteiger partial charge is 0.442 e. The van der Waals surface area contributed by atoms with Crippen LogP contribution in [0.25, 0.3) is 5.69 Å². The summed E-state index contributed by atoms with van der Waals surface area (Å²) in [5.41, 5.74) is -1.78. The van der Waals surface area contributed by atoms with E-state index in [4.69, 9.17) is 4.42 Å². The molecule has 1 aliphatic rings. The van der Waals surface area contributed by atoms with Gasteiger partial charge < -0.3 is 24.7 Å². The van der Waals surface area contributed by atoms with Crippen molar-refractivity contribution in [1.82, 2.24) is 25.3 Å². The SMILES string of the molecule is COC(=O)N[C@H](C(=O)N1CCC[C@H]1C(=O)N[C@H](C(=O)c1nn(-c2ccccc2C(F)(F)F)c(=O)o1)C(C)C)C(C)C. The maximum absolute atomic E-state index is 13.5. The second-order valence-electron chi connectivity index (χ2n) is 10.2. The molecule has 41 heavy (non-hydrogen) atoms. The monoisotopic (exact) mass is 583 g/mol. The Bertz CT molecular complexity index is 1350. The molecule has 2 aromatic rings. The van der Waals surface area contributed by atoms with E-state index in [0.29, 0.717) is 11.1 Å². The van der Waals surface area contributed by atoms with Crippen LogP contribution in [0.4, 0.5) is 18.0 Å². The Hall–Kier alpha value is -4.17. The quantitative estimate of drug-likeness (QED) is 0.427. The molecule has 12 nitrogen and oxygen atoms in total. The summed E-state index contributed by atoms with van der Waals surface area (Å²) in [5.74, 6) is -5.07. The molecule has 0 aliphatic carbocycles. The van der Waals surface area contributed by atoms with E-state index in [2.05, 4.69) is 20.5 Å². The number of likely N-dealkylation sites (tertiary alicyclic amines) is 1. The van der Waals surface area contributed by atoms with Gasteiger partial charge in [-0.05, 0) is 36.8 Å². The predicted molar refractivity (Wildman–Crippen MR) is 137 cm³/mol. The molecule has 2 N–H and O–H groups in total. The zero-order valence-electron chi connectivity index (χ0n) is 23.2. The van der Waals surface area contributed by atoms with E-state index in [9.17, 15) is 37.1 Å². The Morgan fingerprint density at radius 2 is 1.68 bits per heavy atom. The number of nitrogens with one attached hydrogen (secondary N) is 2. The fraction of sp³-hybridized carbons (Fsp3) is 0.538. The number of methoxy groups -OCH3 is 1. The van der Waals surface area contributed by atoms with Crippen molar-refractivity contribution in [1.29, 1.82) is 0 Å². The Labute approximate surface area is 233 Å². The molecular weight excluding hydrogens is 551 g/mol. The van der Waals surface area contributed by atoms with E-state index in [-0.39, 0.29) is 18.9 Å². The molecule has 0 bridgehead atoms. The molecule has 0 unspecified atom stereocenters. The lowest BCUT2D eigenvalue weighted by molar-refractivity contribution is -0.141. The number of rotatable bonds is 9. The highest BCUT2D eigenvalue weighted by Gasteiger charge is 2.41. The van der Waals surface area contributed by atoms with Gasteiger partial charge in [0.25, 0.3) is 5.89 Å². The minimum Gasteiger partial charge on any atom is -0.453 e. The number of nitrogens with zero attached hydrogens (tertiary/aromatic N) is 3. The maximum atomic E-state index is 13.5. The van der Waals surface area contributed by atoms with E-state index < -0.39 is 76.8 Å². The average Bonchev–Trinajstić information content (AvgIpc) is 3.55. The zero-order valence-corrected chi connectivity index (χ0v) is 23.2. The number of carbonyl (C=O) groups is 4. The lowest BCUT2D eigenvalue weighted by atomic mass is 9.98. The van der Waals surface area contributed by atoms with E-state index in [1.807, 2.05) is 0 Å². The van der Waals surface area contributed by atoms with Crippen molar-refractivity contribution in [3.63, 3.8) is 0 Å². The van der Waals surface area contributed by atoms with Crippen LogP contribution in [0.15, 0.2) is 33.5 Å². The van der Waals surface area contributed by atoms with Gasteiger partial charge >= 0.3 is 18.0 Å². The van der Waals surface area contributed by atoms with Gasteiger partial charge in [-0.2, -0.15) is 17.9 Å². The molecule has 1 aromatic heterocycles. The molecule has 3 rings (SSSR count). The third-order valence-electron chi connectivity index (χ3n) is 6.67. The molecule has 1 aromatic carbocycles. The molecule has 0 radical (unpaired) electrons. The van der Waals surface area contributed by atoms with Crippen molar-refractivity contribution in [2.75, 3.05) is 13.7 Å². The van der Waals surface area contributed by atoms with Crippen molar-refractivity contribution < 1.29 is 41.5 Å². The summed E-state index contributed by atoms with van der Waals surface area (Å²) in [6.45, 7) is 6.88. The number of amides is 3. The second kappa shape index (κ2) is 12.6. The third-order valence-corrected chi connectivity index (χ3v) is 6.67. The van der Waals surface area contributed by atoms with Crippen molar-refractivity contribution in [3.8, 4) is 5.69 Å². The Kier molecular flexibility index (Phi) is 9.61. The molecule has 3 atom stereocenters. The number of aromatic nitrogens is 2. The van der Waals surface area contributed by atoms with Crippen molar-refractivity contribution >= 4 is 23.7 Å². The van der Waals surface area contributed by atoms with Gasteiger partial charge in [0.1, 0.15) is 12.1 Å². The highest BCUT2D eigenvalue weighted by atomic mass is 19.4. The minimum absolute atomic E-state index is 0.237. The summed E-state index contributed by atoms with van der Waals surface area (Å²) >= 11 is 0. The number of alkyl carbamates (subject to hydrolysis) is 1. The number of Topliss-reactive ketones (excluding diaryl/α,β-unsaturated/α-hetero) is 1. The number of ether oxygens (including phenoxy) is 1. The molecule has 0 saturated carbocycles. The summed E-state index contributed by atoms with van der Waals surface area (Å²) < 4.78 is 50.3. The lowest BCUT2D eigenvalue weighted by Crippen LogP contribution is -2.57. The Morgan fingerprint density at radius 1 is 1.05 bits per heavy atom. The number of carbonyl (C=O) groups excluding carboxylic acids is 4. The van der Waals surface area contributed by atoms with Gasteiger partial charge in [-0.15, -0.1) is 5.10 Å². The molecule has 2 heterocycles. The molecule has 1 fully saturated rings. The number of hydrogen-bond donors (Lipinski definition) is 2. The van der Waals surface area contributed by atoms with E-state index >= 15 is 0 Å². The summed E-state index contributed by atoms with van der Waals surface area (Å²) in [7, 11) is 1.16. The summed E-state index contributed by atoms with van der Waals surface area (Å²) in [5, 5.41) is 8.76. The molecule has 1 aliphatic heterocycles. The van der Waals surface area contributed by atoms with Crippen LogP contribution in [0.2, 0.25) is 0 Å². The van der Waals surface area contributed by atoms with Crippen LogP contribution in [0, 0.1) is 11.8 Å². The van der Waals surface area contributed by atoms with E-state index in [0.717, 1.165) is 25.3 Å². The topological polar surface area (TPSA) is 153 Å². The second-order valence-corrected chi connectivity index (χ2v) is 10.2. The minimum atomic E-state index is -4.81. The fourth-order valence-electron chi connectivity index (χ4n) is 4.53. The van der Waals surface area contributed by atoms with Gasteiger partial charge in [-0.25, -0.2) is 9.59 Å². The first-order valence-electron chi connectivity index (χ1n) is 12.9. The fourth-order valence-corrected chi connectivity index (χ4v) is 4.53. The van der Waals surface area contributed by atoms with Crippen molar-refractivity contribution in [2.24, 2.45) is 11.8 Å². The van der Waals surface area contributed by atoms with Crippen molar-refractivity contribution in [3.05, 3.63) is 46.3 Å². The van der Waals surface area contributed by atoms with Crippen LogP contribution in [0.5, 0.6) is 0 Å². The van der Waals surface area contributed by atoms with Crippen LogP contribution in [0.3, 0.4) is 0 Å². The standard InChI is InChI=1S/C26H32F3N5O7/c1-13(2)18(20(35)22-32-34(25(39)41-22)16-10-7-6-9-15(16)26(27,28)29)30-21(36)17-11-8-12-33(17)23(37)19(14(3)4)31-24(38)40-5/h6-7,9-10,13-14,17-19H,8,11-12H2,1-5H3,(H,30,36)(H,31,38)/t17-,18-,19-/m0/s1. The van der Waals surface area contributed by atoms with E-state index in [1.54, 1.807) is 27.7 Å². The number of alkyl halides is 3. The van der Waals surface area contributed by atoms with Crippen LogP contribution >= 0.6 is 0 Å². The van der Waals surface area contributed by atoms with Crippen LogP contribution in [-0.2, 0) is 20.5 Å². The Morgan fingerprint density at radius 3 is 2.27 bits per heavy atom. The third kappa shape index (κ3) is 6.95. The zero-order chi connectivity index (χ0) is 30.6. The molecule has 0 spiro atoms. The van der Waals surface area contributed by atoms with Crippen molar-refractivity contribution in [2.45, 2.75) is 64.8 Å². The summed E-state index contributed by atoms with van der Waals surface area (Å²) in [6, 6.07) is 0.973. The first kappa shape index (κ1) is 31.4. The maximum Gasteiger partial charge on any atom is 0.442 e. The van der Waals surface area contributed by atoms with Crippen LogP contribution < -0.4 is 16.4 Å². The summed E-state index contributed by atoms with van der Waals surface area (Å²) in [4.78, 5) is 65.4. The normalized spacial score (nSPS) is 16.9. The molecule has 224 valence electrons. The van der Waals surface area contributed by atoms with Crippen LogP contribution in [0.1, 0.15) is 56.8 Å². The molecule has 1 saturated heterocycles. The number of halogens is 3. The van der Waals surface area contributed by atoms with Gasteiger partial charge in [0.15, 0.2) is 0 Å². The lowest BCUT2D eigenvalue weighted by Gasteiger charge is -2.31. The number of para-hydroxylation sites is 1. The van der Waals surface area contributed by atoms with Gasteiger partial charge in [0.05, 0.1) is 24.4 Å². The highest BCUT2D eigenvalue weighted by Crippen LogP contribution is 2.33. The van der Waals surface area contributed by atoms with Gasteiger partial charge in [-0.3, -0.25) is 14.4 Å². The molecule has 3 amide bonds. The average molecular weight is 584 g/mol. The van der Waals surface area contributed by atoms with Crippen LogP contribution in [-0.4, -0.2) is 70.2 Å². The predicted octanol–water partition coefficient (Wildman–Crippen LogP) is 2.54.